The minimum absolute atomic E-state index is 0.675. The highest BCUT2D eigenvalue weighted by atomic mass is 32.1. The third kappa shape index (κ3) is 4.35. The van der Waals surface area contributed by atoms with Crippen molar-refractivity contribution in [3.05, 3.63) is 157 Å². The maximum Gasteiger partial charge on any atom is 0.0998 e. The van der Waals surface area contributed by atoms with Crippen LogP contribution < -0.4 is 0 Å². The Labute approximate surface area is 274 Å². The minimum atomic E-state index is 0.675. The van der Waals surface area contributed by atoms with Crippen molar-refractivity contribution in [2.75, 3.05) is 0 Å². The van der Waals surface area contributed by atoms with E-state index in [0.717, 1.165) is 22.3 Å². The van der Waals surface area contributed by atoms with E-state index in [9.17, 15) is 5.26 Å². The van der Waals surface area contributed by atoms with Crippen molar-refractivity contribution in [2.24, 2.45) is 0 Å². The molecule has 7 aromatic carbocycles. The highest BCUT2D eigenvalue weighted by Gasteiger charge is 2.17. The van der Waals surface area contributed by atoms with Crippen molar-refractivity contribution in [3.63, 3.8) is 0 Å². The largest absolute Gasteiger partial charge is 0.192 e. The molecule has 214 valence electrons. The highest BCUT2D eigenvalue weighted by molar-refractivity contribution is 7.26. The van der Waals surface area contributed by atoms with Crippen LogP contribution in [0.15, 0.2) is 152 Å². The van der Waals surface area contributed by atoms with Crippen LogP contribution in [0.25, 0.3) is 84.9 Å². The Hall–Kier alpha value is -5.53. The zero-order valence-corrected chi connectivity index (χ0v) is 26.3. The first kappa shape index (κ1) is 26.8. The average molecular weight is 620 g/mol. The Balaban J connectivity index is 1.29. The van der Waals surface area contributed by atoms with E-state index in [-0.39, 0.29) is 0 Å². The molecule has 0 radical (unpaired) electrons. The van der Waals surface area contributed by atoms with Crippen molar-refractivity contribution in [3.8, 4) is 50.6 Å². The Morgan fingerprint density at radius 3 is 1.67 bits per heavy atom. The van der Waals surface area contributed by atoms with Crippen LogP contribution in [0.2, 0.25) is 0 Å². The van der Waals surface area contributed by atoms with Crippen LogP contribution in [0.1, 0.15) is 5.56 Å². The minimum Gasteiger partial charge on any atom is -0.192 e. The molecule has 0 saturated heterocycles. The second-order valence-electron chi connectivity index (χ2n) is 11.6. The van der Waals surface area contributed by atoms with Crippen LogP contribution in [0.4, 0.5) is 0 Å². The van der Waals surface area contributed by atoms with Gasteiger partial charge in [-0.1, -0.05) is 109 Å². The van der Waals surface area contributed by atoms with Gasteiger partial charge in [0.25, 0.3) is 0 Å². The van der Waals surface area contributed by atoms with Gasteiger partial charge in [0.2, 0.25) is 0 Å². The summed E-state index contributed by atoms with van der Waals surface area (Å²) in [6.07, 6.45) is 0. The molecule has 0 fully saturated rings. The standard InChI is InChI=1S/C43H25NS2/c44-26-30-9-1-2-10-31(30)33-11-3-4-12-34(33)38-23-27(28-19-22-42-39(24-28)36-14-6-8-16-41(36)45-42)17-20-32(38)29-18-21-37-35-13-5-7-15-40(35)46-43(37)25-29/h1-25H. The molecular formula is C43H25NS2. The van der Waals surface area contributed by atoms with Gasteiger partial charge in [0.05, 0.1) is 11.6 Å². The molecule has 0 aliphatic carbocycles. The van der Waals surface area contributed by atoms with Crippen LogP contribution in [0.3, 0.4) is 0 Å². The lowest BCUT2D eigenvalue weighted by Crippen LogP contribution is -1.92. The SMILES string of the molecule is N#Cc1ccccc1-c1ccccc1-c1cc(-c2ccc3sc4ccccc4c3c2)ccc1-c1ccc2c(c1)sc1ccccc12. The van der Waals surface area contributed by atoms with Crippen LogP contribution in [0.5, 0.6) is 0 Å². The summed E-state index contributed by atoms with van der Waals surface area (Å²) in [5.41, 5.74) is 9.66. The molecule has 0 bridgehead atoms. The maximum atomic E-state index is 10.0. The maximum absolute atomic E-state index is 10.0. The molecule has 2 aromatic heterocycles. The van der Waals surface area contributed by atoms with E-state index in [1.54, 1.807) is 0 Å². The zero-order chi connectivity index (χ0) is 30.6. The van der Waals surface area contributed by atoms with Gasteiger partial charge in [-0.15, -0.1) is 22.7 Å². The van der Waals surface area contributed by atoms with Crippen molar-refractivity contribution < 1.29 is 0 Å². The first-order valence-corrected chi connectivity index (χ1v) is 16.9. The van der Waals surface area contributed by atoms with Crippen molar-refractivity contribution in [1.29, 1.82) is 5.26 Å². The lowest BCUT2D eigenvalue weighted by Gasteiger charge is -2.17. The summed E-state index contributed by atoms with van der Waals surface area (Å²) >= 11 is 3.69. The molecule has 0 aliphatic rings. The lowest BCUT2D eigenvalue weighted by molar-refractivity contribution is 1.47. The second-order valence-corrected chi connectivity index (χ2v) is 13.7. The summed E-state index contributed by atoms with van der Waals surface area (Å²) in [6, 6.07) is 56.7. The van der Waals surface area contributed by atoms with Crippen molar-refractivity contribution in [2.45, 2.75) is 0 Å². The second kappa shape index (κ2) is 10.8. The average Bonchev–Trinajstić information content (AvgIpc) is 3.69. The van der Waals surface area contributed by atoms with Gasteiger partial charge in [-0.2, -0.15) is 5.26 Å². The molecule has 1 nitrogen and oxygen atoms in total. The number of fused-ring (bicyclic) bond motifs is 6. The van der Waals surface area contributed by atoms with Gasteiger partial charge >= 0.3 is 0 Å². The molecule has 9 aromatic rings. The Morgan fingerprint density at radius 1 is 0.348 bits per heavy atom. The fourth-order valence-electron chi connectivity index (χ4n) is 6.77. The third-order valence-corrected chi connectivity index (χ3v) is 11.3. The molecule has 3 heteroatoms. The molecule has 0 saturated carbocycles. The molecule has 0 aliphatic heterocycles. The molecule has 0 spiro atoms. The van der Waals surface area contributed by atoms with Crippen LogP contribution in [0, 0.1) is 11.3 Å². The molecule has 2 heterocycles. The molecular weight excluding hydrogens is 595 g/mol. The number of nitriles is 1. The van der Waals surface area contributed by atoms with E-state index >= 15 is 0 Å². The zero-order valence-electron chi connectivity index (χ0n) is 24.7. The van der Waals surface area contributed by atoms with Gasteiger partial charge in [-0.05, 0) is 81.4 Å². The van der Waals surface area contributed by atoms with Crippen molar-refractivity contribution in [1.82, 2.24) is 0 Å². The smallest absolute Gasteiger partial charge is 0.0998 e. The number of hydrogen-bond donors (Lipinski definition) is 0. The number of rotatable bonds is 4. The number of nitrogens with zero attached hydrogens (tertiary/aromatic N) is 1. The molecule has 0 N–H and O–H groups in total. The quantitative estimate of drug-likeness (QED) is 0.192. The highest BCUT2D eigenvalue weighted by Crippen LogP contribution is 2.44. The summed E-state index contributed by atoms with van der Waals surface area (Å²) in [4.78, 5) is 0. The Kier molecular flexibility index (Phi) is 6.31. The monoisotopic (exact) mass is 619 g/mol. The van der Waals surface area contributed by atoms with Crippen LogP contribution in [-0.4, -0.2) is 0 Å². The van der Waals surface area contributed by atoms with Gasteiger partial charge in [0, 0.05) is 45.9 Å². The predicted octanol–water partition coefficient (Wildman–Crippen LogP) is 13.0. The Morgan fingerprint density at radius 2 is 0.891 bits per heavy atom. The number of benzene rings is 7. The van der Waals surface area contributed by atoms with E-state index in [4.69, 9.17) is 0 Å². The van der Waals surface area contributed by atoms with Gasteiger partial charge in [0.1, 0.15) is 0 Å². The fraction of sp³-hybridized carbons (Fsp3) is 0. The van der Waals surface area contributed by atoms with E-state index in [1.807, 2.05) is 40.9 Å². The van der Waals surface area contributed by atoms with Gasteiger partial charge < -0.3 is 0 Å². The molecule has 46 heavy (non-hydrogen) atoms. The predicted molar refractivity (Wildman–Crippen MR) is 199 cm³/mol. The van der Waals surface area contributed by atoms with Gasteiger partial charge in [-0.3, -0.25) is 0 Å². The molecule has 0 amide bonds. The Bertz CT molecular complexity index is 2670. The van der Waals surface area contributed by atoms with Gasteiger partial charge in [0.15, 0.2) is 0 Å². The van der Waals surface area contributed by atoms with Gasteiger partial charge in [-0.25, -0.2) is 0 Å². The summed E-state index contributed by atoms with van der Waals surface area (Å²) in [6.45, 7) is 0. The van der Waals surface area contributed by atoms with E-state index in [1.165, 1.54) is 62.6 Å². The molecule has 0 atom stereocenters. The van der Waals surface area contributed by atoms with E-state index in [2.05, 4.69) is 140 Å². The third-order valence-electron chi connectivity index (χ3n) is 8.97. The molecule has 9 rings (SSSR count). The first-order valence-electron chi connectivity index (χ1n) is 15.3. The van der Waals surface area contributed by atoms with Crippen LogP contribution >= 0.6 is 22.7 Å². The number of hydrogen-bond acceptors (Lipinski definition) is 3. The fourth-order valence-corrected chi connectivity index (χ4v) is 9.00. The first-order chi connectivity index (χ1) is 22.7. The van der Waals surface area contributed by atoms with E-state index < -0.39 is 0 Å². The summed E-state index contributed by atoms with van der Waals surface area (Å²) in [5.74, 6) is 0. The van der Waals surface area contributed by atoms with Crippen LogP contribution in [-0.2, 0) is 0 Å². The normalized spacial score (nSPS) is 11.5. The summed E-state index contributed by atoms with van der Waals surface area (Å²) < 4.78 is 5.20. The summed E-state index contributed by atoms with van der Waals surface area (Å²) in [5, 5.41) is 15.2. The van der Waals surface area contributed by atoms with Crippen molar-refractivity contribution >= 4 is 63.0 Å². The lowest BCUT2D eigenvalue weighted by atomic mass is 9.86. The van der Waals surface area contributed by atoms with E-state index in [0.29, 0.717) is 5.56 Å². The summed E-state index contributed by atoms with van der Waals surface area (Å²) in [7, 11) is 0. The topological polar surface area (TPSA) is 23.8 Å². The number of thiophene rings is 2. The molecule has 0 unspecified atom stereocenters.